The highest BCUT2D eigenvalue weighted by molar-refractivity contribution is 6.05. The fourth-order valence-electron chi connectivity index (χ4n) is 3.58. The van der Waals surface area contributed by atoms with Crippen LogP contribution in [0.2, 0.25) is 0 Å². The average molecular weight is 401 g/mol. The van der Waals surface area contributed by atoms with Crippen molar-refractivity contribution in [1.29, 1.82) is 0 Å². The van der Waals surface area contributed by atoms with Crippen molar-refractivity contribution in [2.45, 2.75) is 12.8 Å². The minimum Gasteiger partial charge on any atom is -0.478 e. The number of pyridine rings is 1. The summed E-state index contributed by atoms with van der Waals surface area (Å²) in [5.41, 5.74) is 4.75. The summed E-state index contributed by atoms with van der Waals surface area (Å²) in [5, 5.41) is 25.7. The van der Waals surface area contributed by atoms with Gasteiger partial charge in [-0.25, -0.2) is 14.8 Å². The van der Waals surface area contributed by atoms with Crippen LogP contribution in [0.25, 0.3) is 22.6 Å². The summed E-state index contributed by atoms with van der Waals surface area (Å²) in [7, 11) is 0. The van der Waals surface area contributed by atoms with E-state index in [1.54, 1.807) is 12.4 Å². The maximum absolute atomic E-state index is 11.1. The van der Waals surface area contributed by atoms with E-state index in [2.05, 4.69) is 25.4 Å². The second-order valence-electron chi connectivity index (χ2n) is 6.82. The summed E-state index contributed by atoms with van der Waals surface area (Å²) < 4.78 is 5.94. The molecule has 1 aromatic carbocycles. The fraction of sp³-hybridized carbons (Fsp3) is 0.0952. The predicted octanol–water partition coefficient (Wildman–Crippen LogP) is 3.85. The van der Waals surface area contributed by atoms with Crippen molar-refractivity contribution in [1.82, 2.24) is 15.0 Å². The van der Waals surface area contributed by atoms with E-state index in [1.807, 2.05) is 24.3 Å². The number of aromatic nitrogens is 3. The Labute approximate surface area is 169 Å². The molecule has 5 rings (SSSR count). The highest BCUT2D eigenvalue weighted by Crippen LogP contribution is 2.38. The van der Waals surface area contributed by atoms with E-state index < -0.39 is 5.97 Å². The third kappa shape index (κ3) is 2.93. The molecule has 1 aliphatic rings. The quantitative estimate of drug-likeness (QED) is 0.347. The van der Waals surface area contributed by atoms with Crippen LogP contribution in [0.1, 0.15) is 27.9 Å². The molecule has 0 saturated heterocycles. The van der Waals surface area contributed by atoms with Crippen LogP contribution in [-0.4, -0.2) is 36.9 Å². The van der Waals surface area contributed by atoms with Crippen LogP contribution in [0, 0.1) is 0 Å². The first-order chi connectivity index (χ1) is 14.6. The number of carboxylic acid groups (broad SMARTS) is 1. The number of hydrogen-bond acceptors (Lipinski definition) is 8. The van der Waals surface area contributed by atoms with Gasteiger partial charge >= 0.3 is 5.97 Å². The number of oxime groups is 1. The molecule has 3 N–H and O–H groups in total. The Kier molecular flexibility index (Phi) is 4.13. The highest BCUT2D eigenvalue weighted by Gasteiger charge is 2.21. The number of hydrogen-bond donors (Lipinski definition) is 3. The molecule has 9 heteroatoms. The Hall–Kier alpha value is -4.27. The first kappa shape index (κ1) is 17.8. The zero-order valence-corrected chi connectivity index (χ0v) is 15.5. The maximum atomic E-state index is 11.1. The minimum absolute atomic E-state index is 0.00832. The fourth-order valence-corrected chi connectivity index (χ4v) is 3.58. The summed E-state index contributed by atoms with van der Waals surface area (Å²) in [4.78, 5) is 23.5. The first-order valence-electron chi connectivity index (χ1n) is 9.17. The van der Waals surface area contributed by atoms with Gasteiger partial charge in [0, 0.05) is 35.2 Å². The van der Waals surface area contributed by atoms with Crippen molar-refractivity contribution in [3.05, 3.63) is 65.7 Å². The van der Waals surface area contributed by atoms with E-state index in [-0.39, 0.29) is 11.4 Å². The lowest BCUT2D eigenvalue weighted by Gasteiger charge is -2.09. The number of carbonyl (C=O) groups is 1. The molecule has 0 amide bonds. The summed E-state index contributed by atoms with van der Waals surface area (Å²) in [6.07, 6.45) is 7.24. The molecule has 0 spiro atoms. The molecule has 4 aromatic rings. The van der Waals surface area contributed by atoms with Crippen LogP contribution in [0.4, 0.5) is 11.4 Å². The van der Waals surface area contributed by atoms with E-state index in [0.29, 0.717) is 29.2 Å². The van der Waals surface area contributed by atoms with Gasteiger partial charge in [0.05, 0.1) is 23.2 Å². The molecule has 0 unspecified atom stereocenters. The summed E-state index contributed by atoms with van der Waals surface area (Å²) in [5.74, 6) is -0.458. The van der Waals surface area contributed by atoms with E-state index in [1.165, 1.54) is 12.4 Å². The van der Waals surface area contributed by atoms with Gasteiger partial charge in [-0.1, -0.05) is 11.2 Å². The van der Waals surface area contributed by atoms with Gasteiger partial charge in [0.1, 0.15) is 0 Å². The van der Waals surface area contributed by atoms with Crippen LogP contribution in [0.3, 0.4) is 0 Å². The van der Waals surface area contributed by atoms with Crippen LogP contribution in [-0.2, 0) is 6.42 Å². The predicted molar refractivity (Wildman–Crippen MR) is 108 cm³/mol. The Morgan fingerprint density at radius 3 is 2.73 bits per heavy atom. The number of rotatable bonds is 4. The van der Waals surface area contributed by atoms with Crippen LogP contribution < -0.4 is 5.32 Å². The van der Waals surface area contributed by atoms with E-state index in [4.69, 9.17) is 14.7 Å². The molecule has 0 bridgehead atoms. The van der Waals surface area contributed by atoms with Gasteiger partial charge in [-0.2, -0.15) is 0 Å². The van der Waals surface area contributed by atoms with Gasteiger partial charge in [0.15, 0.2) is 17.2 Å². The molecule has 3 heterocycles. The van der Waals surface area contributed by atoms with Crippen molar-refractivity contribution in [3.8, 4) is 11.6 Å². The lowest BCUT2D eigenvalue weighted by molar-refractivity contribution is 0.0696. The van der Waals surface area contributed by atoms with Crippen LogP contribution >= 0.6 is 0 Å². The standard InChI is InChI=1S/C21H15N5O4/c27-21(28)12-8-23-20(24-9-12)19-18(15-5-6-22-10-17(15)30-19)25-13-2-3-14-11(7-13)1-4-16(14)26-29/h2-3,5-10,25,29H,1,4H2,(H,27,28)/b26-16+. The molecule has 30 heavy (non-hydrogen) atoms. The van der Waals surface area contributed by atoms with E-state index >= 15 is 0 Å². The molecule has 0 radical (unpaired) electrons. The number of carboxylic acids is 1. The minimum atomic E-state index is -1.10. The molecular formula is C21H15N5O4. The van der Waals surface area contributed by atoms with Gasteiger partial charge in [-0.05, 0) is 36.6 Å². The number of benzene rings is 1. The van der Waals surface area contributed by atoms with Crippen molar-refractivity contribution >= 4 is 34.0 Å². The number of aryl methyl sites for hydroxylation is 1. The van der Waals surface area contributed by atoms with Crippen molar-refractivity contribution in [3.63, 3.8) is 0 Å². The SMILES string of the molecule is O=C(O)c1cnc(-c2oc3cnccc3c2Nc2ccc3c(c2)CC/C3=N\O)nc1. The van der Waals surface area contributed by atoms with Crippen molar-refractivity contribution in [2.24, 2.45) is 5.16 Å². The lowest BCUT2D eigenvalue weighted by atomic mass is 10.1. The highest BCUT2D eigenvalue weighted by atomic mass is 16.4. The largest absolute Gasteiger partial charge is 0.478 e. The summed E-state index contributed by atoms with van der Waals surface area (Å²) in [6, 6.07) is 7.64. The number of furan rings is 1. The third-order valence-corrected chi connectivity index (χ3v) is 5.03. The number of aromatic carboxylic acids is 1. The first-order valence-corrected chi connectivity index (χ1v) is 9.17. The molecule has 0 saturated carbocycles. The van der Waals surface area contributed by atoms with E-state index in [0.717, 1.165) is 28.6 Å². The number of nitrogens with zero attached hydrogens (tertiary/aromatic N) is 4. The van der Waals surface area contributed by atoms with Crippen LogP contribution in [0.5, 0.6) is 0 Å². The number of fused-ring (bicyclic) bond motifs is 2. The zero-order valence-electron chi connectivity index (χ0n) is 15.5. The van der Waals surface area contributed by atoms with Gasteiger partial charge in [-0.3, -0.25) is 4.98 Å². The zero-order chi connectivity index (χ0) is 20.7. The van der Waals surface area contributed by atoms with Gasteiger partial charge in [0.25, 0.3) is 0 Å². The Morgan fingerprint density at radius 2 is 1.97 bits per heavy atom. The molecule has 148 valence electrons. The third-order valence-electron chi connectivity index (χ3n) is 5.03. The van der Waals surface area contributed by atoms with Crippen LogP contribution in [0.15, 0.2) is 58.6 Å². The Balaban J connectivity index is 1.59. The molecule has 1 aliphatic carbocycles. The molecule has 0 atom stereocenters. The molecule has 3 aromatic heterocycles. The molecular weight excluding hydrogens is 386 g/mol. The van der Waals surface area contributed by atoms with E-state index in [9.17, 15) is 4.79 Å². The van der Waals surface area contributed by atoms with Gasteiger partial charge in [0.2, 0.25) is 0 Å². The van der Waals surface area contributed by atoms with Crippen molar-refractivity contribution < 1.29 is 19.5 Å². The Bertz CT molecular complexity index is 1310. The monoisotopic (exact) mass is 401 g/mol. The molecule has 0 fully saturated rings. The summed E-state index contributed by atoms with van der Waals surface area (Å²) in [6.45, 7) is 0. The second-order valence-corrected chi connectivity index (χ2v) is 6.82. The van der Waals surface area contributed by atoms with Gasteiger partial charge in [-0.15, -0.1) is 0 Å². The maximum Gasteiger partial charge on any atom is 0.338 e. The number of nitrogens with one attached hydrogen (secondary N) is 1. The Morgan fingerprint density at radius 1 is 1.13 bits per heavy atom. The number of anilines is 2. The van der Waals surface area contributed by atoms with Gasteiger partial charge < -0.3 is 20.0 Å². The molecule has 0 aliphatic heterocycles. The molecule has 9 nitrogen and oxygen atoms in total. The topological polar surface area (TPSA) is 134 Å². The normalized spacial score (nSPS) is 14.2. The summed E-state index contributed by atoms with van der Waals surface area (Å²) >= 11 is 0. The lowest BCUT2D eigenvalue weighted by Crippen LogP contribution is -2.00. The van der Waals surface area contributed by atoms with Crippen molar-refractivity contribution in [2.75, 3.05) is 5.32 Å². The second kappa shape index (κ2) is 6.96. The smallest absolute Gasteiger partial charge is 0.338 e. The average Bonchev–Trinajstić information content (AvgIpc) is 3.35.